The van der Waals surface area contributed by atoms with Gasteiger partial charge in [-0.1, -0.05) is 0 Å². The molecule has 0 aliphatic heterocycles. The Hall–Kier alpha value is -0.810. The number of carbonyl (C=O) groups is 2. The minimum atomic E-state index is -0.246. The fourth-order valence-corrected chi connectivity index (χ4v) is 2.81. The molecule has 0 saturated heterocycles. The van der Waals surface area contributed by atoms with E-state index in [9.17, 15) is 9.59 Å². The summed E-state index contributed by atoms with van der Waals surface area (Å²) < 4.78 is 4.80. The van der Waals surface area contributed by atoms with Gasteiger partial charge in [0.05, 0.1) is 11.5 Å². The van der Waals surface area contributed by atoms with Crippen molar-refractivity contribution in [2.24, 2.45) is 0 Å². The first-order valence-corrected chi connectivity index (χ1v) is 6.39. The molecule has 0 aliphatic carbocycles. The molecule has 0 bridgehead atoms. The Morgan fingerprint density at radius 3 is 3.13 bits per heavy atom. The van der Waals surface area contributed by atoms with E-state index in [0.717, 1.165) is 28.2 Å². The van der Waals surface area contributed by atoms with Crippen LogP contribution in [0.5, 0.6) is 0 Å². The third-order valence-corrected chi connectivity index (χ3v) is 3.75. The smallest absolute Gasteiger partial charge is 0.302 e. The molecule has 5 heteroatoms. The van der Waals surface area contributed by atoms with E-state index in [0.29, 0.717) is 6.61 Å². The van der Waals surface area contributed by atoms with E-state index in [2.05, 4.69) is 0 Å². The average Bonchev–Trinajstić information content (AvgIpc) is 2.64. The van der Waals surface area contributed by atoms with Crippen molar-refractivity contribution in [3.05, 3.63) is 16.3 Å². The molecule has 0 aromatic carbocycles. The van der Waals surface area contributed by atoms with Crippen LogP contribution in [0, 0.1) is 0 Å². The number of ether oxygens (including phenoxy) is 1. The molecule has 0 saturated carbocycles. The standard InChI is InChI=1S/C10H12O3S2/c1-8(12)13-4-2-5-14-9-3-6-15-10(9)7-11/h3,6-7H,2,4-5H2,1H3. The summed E-state index contributed by atoms with van der Waals surface area (Å²) in [5, 5.41) is 1.90. The molecular weight excluding hydrogens is 232 g/mol. The molecule has 82 valence electrons. The zero-order valence-corrected chi connectivity index (χ0v) is 10.0. The topological polar surface area (TPSA) is 43.4 Å². The maximum Gasteiger partial charge on any atom is 0.302 e. The molecule has 3 nitrogen and oxygen atoms in total. The molecule has 1 heterocycles. The van der Waals surface area contributed by atoms with Crippen LogP contribution in [0.1, 0.15) is 23.0 Å². The quantitative estimate of drug-likeness (QED) is 0.334. The number of aldehydes is 1. The van der Waals surface area contributed by atoms with Crippen LogP contribution in [0.4, 0.5) is 0 Å². The van der Waals surface area contributed by atoms with E-state index in [-0.39, 0.29) is 5.97 Å². The van der Waals surface area contributed by atoms with Gasteiger partial charge < -0.3 is 4.74 Å². The SMILES string of the molecule is CC(=O)OCCCSc1ccsc1C=O. The van der Waals surface area contributed by atoms with E-state index in [4.69, 9.17) is 4.74 Å². The van der Waals surface area contributed by atoms with E-state index in [1.807, 2.05) is 11.4 Å². The van der Waals surface area contributed by atoms with Gasteiger partial charge in [0.1, 0.15) is 0 Å². The van der Waals surface area contributed by atoms with Gasteiger partial charge in [0.15, 0.2) is 6.29 Å². The first-order chi connectivity index (χ1) is 7.24. The Kier molecular flexibility index (Phi) is 5.42. The van der Waals surface area contributed by atoms with Gasteiger partial charge in [-0.05, 0) is 17.9 Å². The molecule has 0 unspecified atom stereocenters. The monoisotopic (exact) mass is 244 g/mol. The van der Waals surface area contributed by atoms with Gasteiger partial charge in [-0.2, -0.15) is 0 Å². The summed E-state index contributed by atoms with van der Waals surface area (Å²) in [6.07, 6.45) is 1.68. The summed E-state index contributed by atoms with van der Waals surface area (Å²) in [6.45, 7) is 1.85. The van der Waals surface area contributed by atoms with Crippen molar-refractivity contribution in [3.8, 4) is 0 Å². The fraction of sp³-hybridized carbons (Fsp3) is 0.400. The van der Waals surface area contributed by atoms with Gasteiger partial charge in [-0.25, -0.2) is 0 Å². The number of rotatable bonds is 6. The molecule has 0 N–H and O–H groups in total. The van der Waals surface area contributed by atoms with Crippen molar-refractivity contribution >= 4 is 35.4 Å². The summed E-state index contributed by atoms with van der Waals surface area (Å²) >= 11 is 3.06. The zero-order chi connectivity index (χ0) is 11.1. The summed E-state index contributed by atoms with van der Waals surface area (Å²) in [5.41, 5.74) is 0. The van der Waals surface area contributed by atoms with Gasteiger partial charge in [-0.15, -0.1) is 23.1 Å². The average molecular weight is 244 g/mol. The van der Waals surface area contributed by atoms with Crippen molar-refractivity contribution in [2.75, 3.05) is 12.4 Å². The lowest BCUT2D eigenvalue weighted by Crippen LogP contribution is -2.01. The predicted molar refractivity (Wildman–Crippen MR) is 61.7 cm³/mol. The van der Waals surface area contributed by atoms with Crippen LogP contribution >= 0.6 is 23.1 Å². The number of thiophene rings is 1. The minimum absolute atomic E-state index is 0.246. The lowest BCUT2D eigenvalue weighted by Gasteiger charge is -2.01. The van der Waals surface area contributed by atoms with Crippen LogP contribution in [0.3, 0.4) is 0 Å². The Labute approximate surface area is 96.8 Å². The third-order valence-electron chi connectivity index (χ3n) is 1.62. The number of thioether (sulfide) groups is 1. The highest BCUT2D eigenvalue weighted by Gasteiger charge is 2.03. The third kappa shape index (κ3) is 4.48. The summed E-state index contributed by atoms with van der Waals surface area (Å²) in [6, 6.07) is 1.94. The van der Waals surface area contributed by atoms with Crippen molar-refractivity contribution in [1.82, 2.24) is 0 Å². The molecule has 0 radical (unpaired) electrons. The number of esters is 1. The van der Waals surface area contributed by atoms with Crippen LogP contribution in [0.2, 0.25) is 0 Å². The highest BCUT2D eigenvalue weighted by atomic mass is 32.2. The fourth-order valence-electron chi connectivity index (χ4n) is 0.971. The summed E-state index contributed by atoms with van der Waals surface area (Å²) in [7, 11) is 0. The van der Waals surface area contributed by atoms with Crippen LogP contribution < -0.4 is 0 Å². The van der Waals surface area contributed by atoms with Crippen molar-refractivity contribution < 1.29 is 14.3 Å². The second-order valence-electron chi connectivity index (χ2n) is 2.81. The lowest BCUT2D eigenvalue weighted by molar-refractivity contribution is -0.140. The molecule has 0 fully saturated rings. The van der Waals surface area contributed by atoms with Gasteiger partial charge in [0, 0.05) is 17.6 Å². The van der Waals surface area contributed by atoms with Crippen LogP contribution in [0.25, 0.3) is 0 Å². The second-order valence-corrected chi connectivity index (χ2v) is 4.89. The molecule has 1 rings (SSSR count). The molecule has 0 atom stereocenters. The van der Waals surface area contributed by atoms with Gasteiger partial charge in [0.2, 0.25) is 0 Å². The Morgan fingerprint density at radius 2 is 2.47 bits per heavy atom. The molecule has 0 amide bonds. The predicted octanol–water partition coefficient (Wildman–Crippen LogP) is 2.61. The molecule has 15 heavy (non-hydrogen) atoms. The van der Waals surface area contributed by atoms with E-state index >= 15 is 0 Å². The molecule has 0 aliphatic rings. The van der Waals surface area contributed by atoms with E-state index in [1.54, 1.807) is 11.8 Å². The largest absolute Gasteiger partial charge is 0.466 e. The number of carbonyl (C=O) groups excluding carboxylic acids is 2. The summed E-state index contributed by atoms with van der Waals surface area (Å²) in [5.74, 6) is 0.606. The molecular formula is C10H12O3S2. The molecule has 0 spiro atoms. The first-order valence-electron chi connectivity index (χ1n) is 4.53. The van der Waals surface area contributed by atoms with E-state index < -0.39 is 0 Å². The first kappa shape index (κ1) is 12.3. The van der Waals surface area contributed by atoms with Crippen molar-refractivity contribution in [3.63, 3.8) is 0 Å². The maximum atomic E-state index is 10.6. The van der Waals surface area contributed by atoms with Crippen molar-refractivity contribution in [1.29, 1.82) is 0 Å². The Balaban J connectivity index is 2.20. The maximum absolute atomic E-state index is 10.6. The van der Waals surface area contributed by atoms with Crippen LogP contribution in [0.15, 0.2) is 16.3 Å². The minimum Gasteiger partial charge on any atom is -0.466 e. The van der Waals surface area contributed by atoms with Gasteiger partial charge >= 0.3 is 5.97 Å². The van der Waals surface area contributed by atoms with E-state index in [1.165, 1.54) is 18.3 Å². The highest BCUT2D eigenvalue weighted by molar-refractivity contribution is 7.99. The lowest BCUT2D eigenvalue weighted by atomic mass is 10.5. The number of hydrogen-bond acceptors (Lipinski definition) is 5. The highest BCUT2D eigenvalue weighted by Crippen LogP contribution is 2.26. The molecule has 1 aromatic rings. The zero-order valence-electron chi connectivity index (χ0n) is 8.39. The van der Waals surface area contributed by atoms with Crippen LogP contribution in [-0.4, -0.2) is 24.6 Å². The molecule has 1 aromatic heterocycles. The summed E-state index contributed by atoms with van der Waals surface area (Å²) in [4.78, 5) is 22.8. The Morgan fingerprint density at radius 1 is 1.67 bits per heavy atom. The number of hydrogen-bond donors (Lipinski definition) is 0. The Bertz CT molecular complexity index is 333. The van der Waals surface area contributed by atoms with Crippen molar-refractivity contribution in [2.45, 2.75) is 18.2 Å². The van der Waals surface area contributed by atoms with Crippen LogP contribution in [-0.2, 0) is 9.53 Å². The normalized spacial score (nSPS) is 9.93. The van der Waals surface area contributed by atoms with Gasteiger partial charge in [-0.3, -0.25) is 9.59 Å². The van der Waals surface area contributed by atoms with Gasteiger partial charge in [0.25, 0.3) is 0 Å². The second kappa shape index (κ2) is 6.63.